The van der Waals surface area contributed by atoms with Crippen molar-refractivity contribution in [3.63, 3.8) is 0 Å². The first-order valence-corrected chi connectivity index (χ1v) is 13.4. The Hall–Kier alpha value is -5.03. The van der Waals surface area contributed by atoms with Crippen molar-refractivity contribution < 1.29 is 32.3 Å². The minimum Gasteiger partial charge on any atom is -0.455 e. The molecule has 218 valence electrons. The molecule has 0 bridgehead atoms. The van der Waals surface area contributed by atoms with E-state index in [2.05, 4.69) is 20.6 Å². The van der Waals surface area contributed by atoms with Crippen LogP contribution in [0.3, 0.4) is 0 Å². The second kappa shape index (κ2) is 10.7. The number of amides is 2. The summed E-state index contributed by atoms with van der Waals surface area (Å²) in [5, 5.41) is 15.2. The number of carbonyl (C=O) groups excluding carboxylic acids is 2. The van der Waals surface area contributed by atoms with Crippen LogP contribution in [0.15, 0.2) is 71.4 Å². The Morgan fingerprint density at radius 3 is 2.33 bits per heavy atom. The number of hydrogen-bond acceptors (Lipinski definition) is 6. The highest BCUT2D eigenvalue weighted by Gasteiger charge is 2.48. The number of nitrogens with zero attached hydrogens (tertiary/aromatic N) is 2. The van der Waals surface area contributed by atoms with E-state index in [4.69, 9.17) is 4.42 Å². The van der Waals surface area contributed by atoms with Gasteiger partial charge < -0.3 is 20.2 Å². The zero-order valence-electron chi connectivity index (χ0n) is 23.0. The maximum Gasteiger partial charge on any atom is 0.255 e. The molecule has 0 saturated heterocycles. The SMILES string of the molecule is CNC(=O)c1c(-c2ccc(F)cc2)oc2ccc(-c3cc(C(=O)NC4(c5ncccn5)CC(O)C4)cc(F)c3C)c(F)c12. The second-order valence-electron chi connectivity index (χ2n) is 10.5. The fraction of sp³-hybridized carbons (Fsp3) is 0.188. The number of halogens is 3. The van der Waals surface area contributed by atoms with Crippen LogP contribution in [0.5, 0.6) is 0 Å². The Balaban J connectivity index is 1.45. The van der Waals surface area contributed by atoms with Gasteiger partial charge in [0.05, 0.1) is 17.1 Å². The topological polar surface area (TPSA) is 117 Å². The first-order valence-electron chi connectivity index (χ1n) is 13.4. The molecule has 2 amide bonds. The summed E-state index contributed by atoms with van der Waals surface area (Å²) < 4.78 is 51.1. The number of aliphatic hydroxyl groups is 1. The van der Waals surface area contributed by atoms with Gasteiger partial charge in [-0.05, 0) is 72.6 Å². The van der Waals surface area contributed by atoms with E-state index in [1.165, 1.54) is 68.8 Å². The van der Waals surface area contributed by atoms with Crippen LogP contribution in [0.1, 0.15) is 44.9 Å². The number of carbonyl (C=O) groups is 2. The predicted molar refractivity (Wildman–Crippen MR) is 152 cm³/mol. The van der Waals surface area contributed by atoms with Gasteiger partial charge in [-0.15, -0.1) is 0 Å². The summed E-state index contributed by atoms with van der Waals surface area (Å²) in [6, 6.07) is 12.1. The van der Waals surface area contributed by atoms with E-state index in [0.717, 1.165) is 6.07 Å². The smallest absolute Gasteiger partial charge is 0.255 e. The van der Waals surface area contributed by atoms with Crippen LogP contribution < -0.4 is 10.6 Å². The zero-order chi connectivity index (χ0) is 30.5. The van der Waals surface area contributed by atoms with Crippen LogP contribution in [0.2, 0.25) is 0 Å². The summed E-state index contributed by atoms with van der Waals surface area (Å²) in [7, 11) is 1.38. The Morgan fingerprint density at radius 2 is 1.67 bits per heavy atom. The molecule has 1 aliphatic carbocycles. The van der Waals surface area contributed by atoms with Gasteiger partial charge in [-0.2, -0.15) is 0 Å². The van der Waals surface area contributed by atoms with Gasteiger partial charge in [0.1, 0.15) is 34.3 Å². The minimum absolute atomic E-state index is 0.0394. The zero-order valence-corrected chi connectivity index (χ0v) is 23.0. The maximum atomic E-state index is 16.4. The highest BCUT2D eigenvalue weighted by molar-refractivity contribution is 6.12. The molecule has 1 saturated carbocycles. The van der Waals surface area contributed by atoms with Gasteiger partial charge in [-0.25, -0.2) is 23.1 Å². The van der Waals surface area contributed by atoms with Crippen molar-refractivity contribution in [1.82, 2.24) is 20.6 Å². The number of hydrogen-bond donors (Lipinski definition) is 3. The molecule has 0 radical (unpaired) electrons. The first-order chi connectivity index (χ1) is 20.6. The predicted octanol–water partition coefficient (Wildman–Crippen LogP) is 5.42. The van der Waals surface area contributed by atoms with Crippen molar-refractivity contribution in [2.75, 3.05) is 7.05 Å². The number of furan rings is 1. The molecule has 2 heterocycles. The summed E-state index contributed by atoms with van der Waals surface area (Å²) in [4.78, 5) is 34.9. The average molecular weight is 587 g/mol. The molecule has 0 unspecified atom stereocenters. The normalized spacial score (nSPS) is 17.9. The van der Waals surface area contributed by atoms with Crippen LogP contribution in [-0.2, 0) is 5.54 Å². The molecular formula is C32H25F3N4O4. The van der Waals surface area contributed by atoms with E-state index in [1.807, 2.05) is 0 Å². The molecule has 3 N–H and O–H groups in total. The van der Waals surface area contributed by atoms with Gasteiger partial charge in [0.25, 0.3) is 11.8 Å². The Morgan fingerprint density at radius 1 is 0.977 bits per heavy atom. The van der Waals surface area contributed by atoms with E-state index in [9.17, 15) is 19.1 Å². The maximum absolute atomic E-state index is 16.4. The van der Waals surface area contributed by atoms with E-state index < -0.39 is 40.9 Å². The van der Waals surface area contributed by atoms with Crippen LogP contribution in [-0.4, -0.2) is 40.0 Å². The third-order valence-corrected chi connectivity index (χ3v) is 7.76. The molecule has 1 fully saturated rings. The van der Waals surface area contributed by atoms with Crippen molar-refractivity contribution in [1.29, 1.82) is 0 Å². The number of aromatic nitrogens is 2. The lowest BCUT2D eigenvalue weighted by molar-refractivity contribution is -0.00345. The molecule has 0 spiro atoms. The van der Waals surface area contributed by atoms with Gasteiger partial charge in [0.2, 0.25) is 0 Å². The Bertz CT molecular complexity index is 1890. The Kier molecular flexibility index (Phi) is 6.97. The molecule has 8 nitrogen and oxygen atoms in total. The number of benzene rings is 3. The van der Waals surface area contributed by atoms with Gasteiger partial charge in [0.15, 0.2) is 5.82 Å². The molecular weight excluding hydrogens is 561 g/mol. The van der Waals surface area contributed by atoms with Crippen molar-refractivity contribution in [2.24, 2.45) is 0 Å². The second-order valence-corrected chi connectivity index (χ2v) is 10.5. The lowest BCUT2D eigenvalue weighted by Crippen LogP contribution is -2.57. The molecule has 5 aromatic rings. The van der Waals surface area contributed by atoms with Crippen LogP contribution in [0.4, 0.5) is 13.2 Å². The minimum atomic E-state index is -1.04. The lowest BCUT2D eigenvalue weighted by Gasteiger charge is -2.44. The highest BCUT2D eigenvalue weighted by Crippen LogP contribution is 2.41. The summed E-state index contributed by atoms with van der Waals surface area (Å²) in [5.74, 6) is -3.03. The van der Waals surface area contributed by atoms with E-state index >= 15 is 8.78 Å². The van der Waals surface area contributed by atoms with Crippen molar-refractivity contribution >= 4 is 22.8 Å². The number of aliphatic hydroxyl groups excluding tert-OH is 1. The van der Waals surface area contributed by atoms with Gasteiger partial charge in [-0.3, -0.25) is 9.59 Å². The highest BCUT2D eigenvalue weighted by atomic mass is 19.1. The van der Waals surface area contributed by atoms with E-state index in [-0.39, 0.29) is 57.4 Å². The summed E-state index contributed by atoms with van der Waals surface area (Å²) >= 11 is 0. The van der Waals surface area contributed by atoms with Crippen LogP contribution >= 0.6 is 0 Å². The lowest BCUT2D eigenvalue weighted by atomic mass is 9.73. The quantitative estimate of drug-likeness (QED) is 0.245. The molecule has 6 rings (SSSR count). The van der Waals surface area contributed by atoms with E-state index in [1.54, 1.807) is 6.07 Å². The largest absolute Gasteiger partial charge is 0.455 e. The van der Waals surface area contributed by atoms with Crippen molar-refractivity contribution in [3.05, 3.63) is 107 Å². The monoisotopic (exact) mass is 586 g/mol. The fourth-order valence-corrected chi connectivity index (χ4v) is 5.52. The van der Waals surface area contributed by atoms with Crippen LogP contribution in [0, 0.1) is 24.4 Å². The van der Waals surface area contributed by atoms with Crippen molar-refractivity contribution in [3.8, 4) is 22.5 Å². The average Bonchev–Trinajstić information content (AvgIpc) is 3.39. The molecule has 2 aromatic heterocycles. The van der Waals surface area contributed by atoms with Gasteiger partial charge in [-0.1, -0.05) is 0 Å². The summed E-state index contributed by atoms with van der Waals surface area (Å²) in [5.41, 5.74) is -0.706. The number of fused-ring (bicyclic) bond motifs is 1. The van der Waals surface area contributed by atoms with Crippen molar-refractivity contribution in [2.45, 2.75) is 31.4 Å². The van der Waals surface area contributed by atoms with Gasteiger partial charge in [0, 0.05) is 49.0 Å². The summed E-state index contributed by atoms with van der Waals surface area (Å²) in [6.45, 7) is 1.45. The fourth-order valence-electron chi connectivity index (χ4n) is 5.52. The molecule has 11 heteroatoms. The molecule has 1 aliphatic rings. The number of rotatable bonds is 6. The standard InChI is InChI=1S/C32H25F3N4O4/c1-16-22(12-18(13-23(16)34)29(41)39-32(14-20(40)15-32)31-37-10-3-11-38-31)21-8-9-24-25(27(21)35)26(30(42)36-2)28(43-24)17-4-6-19(33)7-5-17/h3-13,20,40H,14-15H2,1-2H3,(H,36,42)(H,39,41). The van der Waals surface area contributed by atoms with E-state index in [0.29, 0.717) is 11.4 Å². The molecule has 43 heavy (non-hydrogen) atoms. The van der Waals surface area contributed by atoms with Crippen LogP contribution in [0.25, 0.3) is 33.4 Å². The first kappa shape index (κ1) is 28.1. The van der Waals surface area contributed by atoms with Gasteiger partial charge >= 0.3 is 0 Å². The third-order valence-electron chi connectivity index (χ3n) is 7.76. The summed E-state index contributed by atoms with van der Waals surface area (Å²) in [6.07, 6.45) is 2.73. The third kappa shape index (κ3) is 4.81. The number of nitrogens with one attached hydrogen (secondary N) is 2. The molecule has 0 atom stereocenters. The Labute approximate surface area is 243 Å². The molecule has 0 aliphatic heterocycles. The molecule has 3 aromatic carbocycles.